The minimum absolute atomic E-state index is 0.0434. The van der Waals surface area contributed by atoms with Gasteiger partial charge in [0.05, 0.1) is 29.9 Å². The molecule has 0 saturated carbocycles. The number of methoxy groups -OCH3 is 1. The van der Waals surface area contributed by atoms with Crippen molar-refractivity contribution in [3.63, 3.8) is 0 Å². The molecule has 1 aliphatic heterocycles. The normalized spacial score (nSPS) is 13.2. The summed E-state index contributed by atoms with van der Waals surface area (Å²) >= 11 is 5.73. The molecule has 0 bridgehead atoms. The van der Waals surface area contributed by atoms with E-state index in [-0.39, 0.29) is 36.4 Å². The Morgan fingerprint density at radius 3 is 2.23 bits per heavy atom. The number of hydrogen-bond donors (Lipinski definition) is 2. The molecule has 1 aliphatic rings. The van der Waals surface area contributed by atoms with Crippen molar-refractivity contribution < 1.29 is 42.1 Å². The number of carboxylic acids is 1. The van der Waals surface area contributed by atoms with Crippen molar-refractivity contribution in [3.05, 3.63) is 132 Å². The van der Waals surface area contributed by atoms with Crippen molar-refractivity contribution in [2.75, 3.05) is 26.8 Å². The summed E-state index contributed by atoms with van der Waals surface area (Å²) in [7, 11) is 1.44. The van der Waals surface area contributed by atoms with E-state index in [1.54, 1.807) is 52.3 Å². The van der Waals surface area contributed by atoms with Crippen LogP contribution in [0.1, 0.15) is 39.9 Å². The Hall–Kier alpha value is -5.69. The highest BCUT2D eigenvalue weighted by molar-refractivity contribution is 7.80. The summed E-state index contributed by atoms with van der Waals surface area (Å²) in [5.41, 5.74) is 2.09. The van der Waals surface area contributed by atoms with Crippen LogP contribution >= 0.6 is 12.2 Å². The number of nitrogens with one attached hydrogen (secondary N) is 1. The van der Waals surface area contributed by atoms with Crippen LogP contribution in [0.2, 0.25) is 0 Å². The van der Waals surface area contributed by atoms with Gasteiger partial charge in [0.1, 0.15) is 0 Å². The zero-order chi connectivity index (χ0) is 38.1. The summed E-state index contributed by atoms with van der Waals surface area (Å²) in [6.45, 7) is 4.40. The van der Waals surface area contributed by atoms with Crippen LogP contribution in [0, 0.1) is 5.92 Å². The molecule has 1 heterocycles. The highest BCUT2D eigenvalue weighted by Gasteiger charge is 2.31. The van der Waals surface area contributed by atoms with Crippen molar-refractivity contribution >= 4 is 35.0 Å². The third kappa shape index (κ3) is 9.80. The first kappa shape index (κ1) is 38.5. The topological polar surface area (TPSA) is 108 Å². The molecule has 1 fully saturated rings. The second-order valence-corrected chi connectivity index (χ2v) is 12.9. The summed E-state index contributed by atoms with van der Waals surface area (Å²) in [6.07, 6.45) is -3.43. The molecule has 1 saturated heterocycles. The minimum atomic E-state index is -4.46. The minimum Gasteiger partial charge on any atom is -0.493 e. The summed E-state index contributed by atoms with van der Waals surface area (Å²) in [5.74, 6) is -1.46. The van der Waals surface area contributed by atoms with Crippen LogP contribution in [0.25, 0.3) is 11.1 Å². The van der Waals surface area contributed by atoms with E-state index in [2.05, 4.69) is 11.9 Å². The quantitative estimate of drug-likeness (QED) is 0.108. The van der Waals surface area contributed by atoms with Gasteiger partial charge in [0, 0.05) is 36.7 Å². The van der Waals surface area contributed by atoms with E-state index in [1.165, 1.54) is 19.2 Å². The lowest BCUT2D eigenvalue weighted by Gasteiger charge is -2.33. The Morgan fingerprint density at radius 1 is 0.925 bits per heavy atom. The van der Waals surface area contributed by atoms with E-state index < -0.39 is 30.2 Å². The fraction of sp³-hybridized carbons (Fsp3) is 0.250. The largest absolute Gasteiger partial charge is 0.493 e. The van der Waals surface area contributed by atoms with Crippen LogP contribution in [-0.4, -0.2) is 64.5 Å². The second kappa shape index (κ2) is 17.2. The molecule has 2 amide bonds. The molecule has 13 heteroatoms. The number of carboxylic acid groups (broad SMARTS) is 1. The molecule has 53 heavy (non-hydrogen) atoms. The summed E-state index contributed by atoms with van der Waals surface area (Å²) in [6, 6.07) is 26.0. The van der Waals surface area contributed by atoms with Crippen LogP contribution in [0.15, 0.2) is 109 Å². The van der Waals surface area contributed by atoms with Gasteiger partial charge >= 0.3 is 12.1 Å². The predicted molar refractivity (Wildman–Crippen MR) is 197 cm³/mol. The Kier molecular flexibility index (Phi) is 12.5. The van der Waals surface area contributed by atoms with Crippen LogP contribution in [0.4, 0.5) is 13.2 Å². The number of nitrogens with zero attached hydrogens (tertiary/aromatic N) is 2. The maximum absolute atomic E-state index is 13.9. The molecule has 4 aromatic carbocycles. The number of para-hydroxylation sites is 1. The third-order valence-electron chi connectivity index (χ3n) is 8.85. The molecular weight excluding hydrogens is 708 g/mol. The lowest BCUT2D eigenvalue weighted by atomic mass is 9.94. The number of benzene rings is 4. The number of halogens is 3. The number of alkyl halides is 3. The van der Waals surface area contributed by atoms with Gasteiger partial charge < -0.3 is 29.7 Å². The van der Waals surface area contributed by atoms with Crippen molar-refractivity contribution in [3.8, 4) is 22.6 Å². The van der Waals surface area contributed by atoms with Crippen LogP contribution in [0.3, 0.4) is 0 Å². The first-order valence-corrected chi connectivity index (χ1v) is 17.2. The van der Waals surface area contributed by atoms with Gasteiger partial charge in [0.2, 0.25) is 0 Å². The van der Waals surface area contributed by atoms with Crippen molar-refractivity contribution in [2.24, 2.45) is 5.92 Å². The number of carbonyl (C=O) groups excluding carboxylic acids is 2. The van der Waals surface area contributed by atoms with Crippen molar-refractivity contribution in [1.82, 2.24) is 15.1 Å². The maximum Gasteiger partial charge on any atom is 0.416 e. The maximum atomic E-state index is 13.9. The number of aliphatic carboxylic acids is 1. The highest BCUT2D eigenvalue weighted by Crippen LogP contribution is 2.34. The van der Waals surface area contributed by atoms with Gasteiger partial charge in [-0.05, 0) is 53.8 Å². The molecule has 0 aliphatic carbocycles. The average molecular weight is 746 g/mol. The average Bonchev–Trinajstić information content (AvgIpc) is 3.16. The van der Waals surface area contributed by atoms with Gasteiger partial charge in [0.25, 0.3) is 11.8 Å². The zero-order valence-electron chi connectivity index (χ0n) is 28.9. The smallest absolute Gasteiger partial charge is 0.416 e. The lowest BCUT2D eigenvalue weighted by molar-refractivity contribution is -0.139. The molecule has 4 aromatic rings. The number of thiocarbonyl (C=S) groups is 1. The lowest BCUT2D eigenvalue weighted by Crippen LogP contribution is -2.44. The molecule has 0 aromatic heterocycles. The molecule has 276 valence electrons. The van der Waals surface area contributed by atoms with E-state index in [0.717, 1.165) is 17.7 Å². The SMILES string of the molecule is C=C(NC(=S)C1CCN(C(=O)c2ccccc2-c2ccc(C(F)(F)F)cc2)CC1)C(=O)N(Cc1ccccc1)Cc1cccc(OC)c1OCC(=O)O. The summed E-state index contributed by atoms with van der Waals surface area (Å²) in [5, 5.41) is 12.3. The van der Waals surface area contributed by atoms with Gasteiger partial charge in [-0.3, -0.25) is 9.59 Å². The van der Waals surface area contributed by atoms with Crippen LogP contribution in [0.5, 0.6) is 11.5 Å². The molecule has 5 rings (SSSR count). The molecule has 0 atom stereocenters. The van der Waals surface area contributed by atoms with E-state index in [0.29, 0.717) is 58.9 Å². The Bertz CT molecular complexity index is 1960. The molecule has 0 radical (unpaired) electrons. The Morgan fingerprint density at radius 2 is 1.58 bits per heavy atom. The van der Waals surface area contributed by atoms with Crippen molar-refractivity contribution in [1.29, 1.82) is 0 Å². The monoisotopic (exact) mass is 745 g/mol. The number of rotatable bonds is 13. The molecule has 0 unspecified atom stereocenters. The van der Waals surface area contributed by atoms with Gasteiger partial charge in [-0.2, -0.15) is 13.2 Å². The molecule has 2 N–H and O–H groups in total. The summed E-state index contributed by atoms with van der Waals surface area (Å²) < 4.78 is 50.4. The van der Waals surface area contributed by atoms with Gasteiger partial charge in [-0.25, -0.2) is 4.79 Å². The first-order valence-electron chi connectivity index (χ1n) is 16.7. The highest BCUT2D eigenvalue weighted by atomic mass is 32.1. The third-order valence-corrected chi connectivity index (χ3v) is 9.29. The zero-order valence-corrected chi connectivity index (χ0v) is 29.7. The van der Waals surface area contributed by atoms with Crippen molar-refractivity contribution in [2.45, 2.75) is 32.1 Å². The summed E-state index contributed by atoms with van der Waals surface area (Å²) in [4.78, 5) is 42.5. The van der Waals surface area contributed by atoms with Gasteiger partial charge in [0.15, 0.2) is 18.1 Å². The standard InChI is InChI=1S/C40H38F3N3O6S/c1-26(38(49)46(23-27-9-4-3-5-10-27)24-30-11-8-14-34(51-2)36(30)52-25-35(47)48)44-37(53)29-19-21-45(22-20-29)39(50)33-13-7-6-12-32(33)28-15-17-31(18-16-28)40(41,42)43/h3-18,29H,1,19-25H2,2H3,(H,44,53)(H,47,48). The van der Waals surface area contributed by atoms with E-state index >= 15 is 0 Å². The van der Waals surface area contributed by atoms with Gasteiger partial charge in [-0.1, -0.05) is 91.6 Å². The predicted octanol–water partition coefficient (Wildman–Crippen LogP) is 7.36. The number of piperidine rings is 1. The van der Waals surface area contributed by atoms with E-state index in [9.17, 15) is 32.7 Å². The van der Waals surface area contributed by atoms with E-state index in [4.69, 9.17) is 21.7 Å². The first-order chi connectivity index (χ1) is 25.3. The fourth-order valence-corrected chi connectivity index (χ4v) is 6.48. The molecule has 9 nitrogen and oxygen atoms in total. The number of carbonyl (C=O) groups is 3. The molecule has 0 spiro atoms. The number of ether oxygens (including phenoxy) is 2. The number of hydrogen-bond acceptors (Lipinski definition) is 6. The second-order valence-electron chi connectivity index (χ2n) is 12.4. The van der Waals surface area contributed by atoms with Gasteiger partial charge in [-0.15, -0.1) is 0 Å². The Balaban J connectivity index is 1.24. The number of amides is 2. The Labute approximate surface area is 310 Å². The van der Waals surface area contributed by atoms with Crippen LogP contribution < -0.4 is 14.8 Å². The molecular formula is C40H38F3N3O6S. The van der Waals surface area contributed by atoms with E-state index in [1.807, 2.05) is 30.3 Å². The fourth-order valence-electron chi connectivity index (χ4n) is 6.12. The van der Waals surface area contributed by atoms with Crippen LogP contribution in [-0.2, 0) is 28.9 Å². The number of likely N-dealkylation sites (tertiary alicyclic amines) is 1.